The highest BCUT2D eigenvalue weighted by atomic mass is 35.5. The van der Waals surface area contributed by atoms with Crippen molar-refractivity contribution < 1.29 is 8.42 Å². The molecule has 0 spiro atoms. The summed E-state index contributed by atoms with van der Waals surface area (Å²) in [5, 5.41) is 3.93. The van der Waals surface area contributed by atoms with Crippen molar-refractivity contribution >= 4 is 27.1 Å². The molecule has 100 valence electrons. The molecule has 0 aliphatic carbocycles. The van der Waals surface area contributed by atoms with Crippen LogP contribution < -0.4 is 5.32 Å². The lowest BCUT2D eigenvalue weighted by molar-refractivity contribution is 0.598. The van der Waals surface area contributed by atoms with Gasteiger partial charge in [-0.3, -0.25) is 0 Å². The molecule has 0 radical (unpaired) electrons. The van der Waals surface area contributed by atoms with Crippen LogP contribution in [0.1, 0.15) is 5.56 Å². The van der Waals surface area contributed by atoms with Gasteiger partial charge in [0.1, 0.15) is 0 Å². The van der Waals surface area contributed by atoms with Crippen LogP contribution in [-0.2, 0) is 16.4 Å². The number of halogens is 1. The first kappa shape index (κ1) is 13.8. The Labute approximate surface area is 117 Å². The van der Waals surface area contributed by atoms with Crippen LogP contribution >= 0.6 is 11.6 Å². The van der Waals surface area contributed by atoms with Crippen LogP contribution in [-0.4, -0.2) is 19.7 Å². The van der Waals surface area contributed by atoms with Gasteiger partial charge >= 0.3 is 0 Å². The van der Waals surface area contributed by atoms with Crippen molar-refractivity contribution in [2.24, 2.45) is 0 Å². The summed E-state index contributed by atoms with van der Waals surface area (Å²) in [6.45, 7) is 0.622. The summed E-state index contributed by atoms with van der Waals surface area (Å²) in [7, 11) is -3.25. The number of nitrogens with zero attached hydrogens (tertiary/aromatic N) is 1. The minimum Gasteiger partial charge on any atom is -0.380 e. The van der Waals surface area contributed by atoms with E-state index in [0.717, 1.165) is 17.5 Å². The summed E-state index contributed by atoms with van der Waals surface area (Å²) >= 11 is 5.80. The monoisotopic (exact) mass is 296 g/mol. The predicted octanol–water partition coefficient (Wildman–Crippen LogP) is 2.75. The Bertz CT molecular complexity index is 652. The van der Waals surface area contributed by atoms with E-state index in [-0.39, 0.29) is 5.03 Å². The molecule has 0 aliphatic heterocycles. The first-order chi connectivity index (χ1) is 8.95. The highest BCUT2D eigenvalue weighted by Gasteiger charge is 2.07. The number of aromatic nitrogens is 1. The van der Waals surface area contributed by atoms with E-state index in [2.05, 4.69) is 10.3 Å². The number of rotatable bonds is 4. The predicted molar refractivity (Wildman–Crippen MR) is 76.1 cm³/mol. The van der Waals surface area contributed by atoms with E-state index in [0.29, 0.717) is 11.6 Å². The standard InChI is InChI=1S/C13H13ClN2O2S/c1-19(17,18)13-7-6-12(9-16-13)15-8-10-2-4-11(14)5-3-10/h2-7,9,15H,8H2,1H3. The van der Waals surface area contributed by atoms with Gasteiger partial charge in [-0.25, -0.2) is 13.4 Å². The third-order valence-electron chi connectivity index (χ3n) is 2.53. The number of benzene rings is 1. The van der Waals surface area contributed by atoms with Gasteiger partial charge in [0.05, 0.1) is 11.9 Å². The van der Waals surface area contributed by atoms with E-state index >= 15 is 0 Å². The number of sulfone groups is 1. The summed E-state index contributed by atoms with van der Waals surface area (Å²) < 4.78 is 22.5. The van der Waals surface area contributed by atoms with Gasteiger partial charge in [0, 0.05) is 17.8 Å². The van der Waals surface area contributed by atoms with Crippen LogP contribution in [0.5, 0.6) is 0 Å². The van der Waals surface area contributed by atoms with Gasteiger partial charge in [-0.15, -0.1) is 0 Å². The van der Waals surface area contributed by atoms with Crippen molar-refractivity contribution in [2.45, 2.75) is 11.6 Å². The maximum atomic E-state index is 11.3. The average molecular weight is 297 g/mol. The summed E-state index contributed by atoms with van der Waals surface area (Å²) in [6, 6.07) is 10.7. The quantitative estimate of drug-likeness (QED) is 0.942. The van der Waals surface area contributed by atoms with Crippen LogP contribution in [0.2, 0.25) is 5.02 Å². The molecule has 0 atom stereocenters. The maximum Gasteiger partial charge on any atom is 0.192 e. The van der Waals surface area contributed by atoms with Crippen molar-refractivity contribution in [3.63, 3.8) is 0 Å². The van der Waals surface area contributed by atoms with Crippen LogP contribution in [0, 0.1) is 0 Å². The van der Waals surface area contributed by atoms with E-state index in [1.54, 1.807) is 6.07 Å². The Morgan fingerprint density at radius 1 is 1.16 bits per heavy atom. The molecule has 1 heterocycles. The number of anilines is 1. The van der Waals surface area contributed by atoms with E-state index < -0.39 is 9.84 Å². The van der Waals surface area contributed by atoms with Gasteiger partial charge in [0.15, 0.2) is 14.9 Å². The molecule has 6 heteroatoms. The SMILES string of the molecule is CS(=O)(=O)c1ccc(NCc2ccc(Cl)cc2)cn1. The van der Waals surface area contributed by atoms with Crippen LogP contribution in [0.15, 0.2) is 47.6 Å². The zero-order valence-electron chi connectivity index (χ0n) is 10.3. The molecule has 0 aliphatic rings. The van der Waals surface area contributed by atoms with Crippen molar-refractivity contribution in [3.8, 4) is 0 Å². The van der Waals surface area contributed by atoms with Crippen molar-refractivity contribution in [1.82, 2.24) is 4.98 Å². The van der Waals surface area contributed by atoms with Gasteiger partial charge < -0.3 is 5.32 Å². The Morgan fingerprint density at radius 2 is 1.84 bits per heavy atom. The minimum absolute atomic E-state index is 0.0737. The molecule has 19 heavy (non-hydrogen) atoms. The van der Waals surface area contributed by atoms with E-state index in [1.807, 2.05) is 24.3 Å². The molecule has 4 nitrogen and oxygen atoms in total. The molecule has 0 bridgehead atoms. The second kappa shape index (κ2) is 5.59. The third-order valence-corrected chi connectivity index (χ3v) is 3.78. The Balaban J connectivity index is 2.02. The molecule has 0 saturated carbocycles. The molecular formula is C13H13ClN2O2S. The normalized spacial score (nSPS) is 11.3. The van der Waals surface area contributed by atoms with E-state index in [9.17, 15) is 8.42 Å². The topological polar surface area (TPSA) is 59.1 Å². The zero-order chi connectivity index (χ0) is 13.9. The lowest BCUT2D eigenvalue weighted by atomic mass is 10.2. The Kier molecular flexibility index (Phi) is 4.07. The van der Waals surface area contributed by atoms with Crippen LogP contribution in [0.4, 0.5) is 5.69 Å². The van der Waals surface area contributed by atoms with Gasteiger partial charge in [-0.2, -0.15) is 0 Å². The summed E-state index contributed by atoms with van der Waals surface area (Å²) in [6.07, 6.45) is 2.64. The number of hydrogen-bond acceptors (Lipinski definition) is 4. The highest BCUT2D eigenvalue weighted by Crippen LogP contribution is 2.13. The molecule has 1 aromatic carbocycles. The lowest BCUT2D eigenvalue weighted by Crippen LogP contribution is -2.03. The van der Waals surface area contributed by atoms with Gasteiger partial charge in [0.2, 0.25) is 0 Å². The zero-order valence-corrected chi connectivity index (χ0v) is 11.9. The lowest BCUT2D eigenvalue weighted by Gasteiger charge is -2.06. The van der Waals surface area contributed by atoms with Crippen molar-refractivity contribution in [2.75, 3.05) is 11.6 Å². The largest absolute Gasteiger partial charge is 0.380 e. The Morgan fingerprint density at radius 3 is 2.37 bits per heavy atom. The molecular weight excluding hydrogens is 284 g/mol. The minimum atomic E-state index is -3.25. The first-order valence-corrected chi connectivity index (χ1v) is 7.86. The number of nitrogens with one attached hydrogen (secondary N) is 1. The maximum absolute atomic E-state index is 11.3. The molecule has 0 fully saturated rings. The fraction of sp³-hybridized carbons (Fsp3) is 0.154. The molecule has 0 unspecified atom stereocenters. The highest BCUT2D eigenvalue weighted by molar-refractivity contribution is 7.90. The number of hydrogen-bond donors (Lipinski definition) is 1. The van der Waals surface area contributed by atoms with E-state index in [4.69, 9.17) is 11.6 Å². The van der Waals surface area contributed by atoms with Crippen LogP contribution in [0.25, 0.3) is 0 Å². The third kappa shape index (κ3) is 3.94. The average Bonchev–Trinajstić information content (AvgIpc) is 2.37. The smallest absolute Gasteiger partial charge is 0.192 e. The first-order valence-electron chi connectivity index (χ1n) is 5.59. The fourth-order valence-electron chi connectivity index (χ4n) is 1.51. The van der Waals surface area contributed by atoms with Crippen molar-refractivity contribution in [1.29, 1.82) is 0 Å². The fourth-order valence-corrected chi connectivity index (χ4v) is 2.20. The van der Waals surface area contributed by atoms with Crippen molar-refractivity contribution in [3.05, 3.63) is 53.2 Å². The molecule has 2 rings (SSSR count). The second-order valence-corrected chi connectivity index (χ2v) is 6.54. The van der Waals surface area contributed by atoms with E-state index in [1.165, 1.54) is 12.3 Å². The summed E-state index contributed by atoms with van der Waals surface area (Å²) in [5.41, 5.74) is 1.85. The summed E-state index contributed by atoms with van der Waals surface area (Å²) in [5.74, 6) is 0. The summed E-state index contributed by atoms with van der Waals surface area (Å²) in [4.78, 5) is 3.90. The van der Waals surface area contributed by atoms with Gasteiger partial charge in [0.25, 0.3) is 0 Å². The molecule has 2 aromatic rings. The molecule has 0 saturated heterocycles. The Hall–Kier alpha value is -1.59. The van der Waals surface area contributed by atoms with Gasteiger partial charge in [-0.05, 0) is 29.8 Å². The molecule has 1 N–H and O–H groups in total. The number of pyridine rings is 1. The second-order valence-electron chi connectivity index (χ2n) is 4.14. The molecule has 1 aromatic heterocycles. The van der Waals surface area contributed by atoms with Gasteiger partial charge in [-0.1, -0.05) is 23.7 Å². The molecule has 0 amide bonds. The van der Waals surface area contributed by atoms with Crippen LogP contribution in [0.3, 0.4) is 0 Å².